The van der Waals surface area contributed by atoms with E-state index in [1.54, 1.807) is 29.2 Å². The molecule has 1 fully saturated rings. The van der Waals surface area contributed by atoms with Crippen molar-refractivity contribution < 1.29 is 23.8 Å². The summed E-state index contributed by atoms with van der Waals surface area (Å²) in [4.78, 5) is 25.8. The molecule has 3 aromatic carbocycles. The van der Waals surface area contributed by atoms with E-state index in [2.05, 4.69) is 0 Å². The summed E-state index contributed by atoms with van der Waals surface area (Å²) in [5.41, 5.74) is 2.33. The van der Waals surface area contributed by atoms with Crippen LogP contribution in [0.25, 0.3) is 0 Å². The van der Waals surface area contributed by atoms with Crippen LogP contribution in [0.2, 0.25) is 5.02 Å². The first-order valence-electron chi connectivity index (χ1n) is 10.6. The van der Waals surface area contributed by atoms with Gasteiger partial charge in [-0.2, -0.15) is 0 Å². The molecular formula is C26H24ClNO5. The number of hydrogen-bond acceptors (Lipinski definition) is 5. The minimum Gasteiger partial charge on any atom is -0.493 e. The number of amides is 1. The third-order valence-electron chi connectivity index (χ3n) is 5.43. The lowest BCUT2D eigenvalue weighted by Crippen LogP contribution is -2.25. The Labute approximate surface area is 197 Å². The molecule has 1 saturated heterocycles. The fourth-order valence-electron chi connectivity index (χ4n) is 3.63. The highest BCUT2D eigenvalue weighted by molar-refractivity contribution is 6.30. The molecule has 33 heavy (non-hydrogen) atoms. The second-order valence-corrected chi connectivity index (χ2v) is 8.25. The first-order valence-corrected chi connectivity index (χ1v) is 11.0. The molecule has 4 rings (SSSR count). The van der Waals surface area contributed by atoms with Crippen LogP contribution in [0.1, 0.15) is 22.3 Å². The summed E-state index contributed by atoms with van der Waals surface area (Å²) >= 11 is 5.91. The molecular weight excluding hydrogens is 442 g/mol. The zero-order valence-electron chi connectivity index (χ0n) is 18.2. The number of nitrogens with zero attached hydrogens (tertiary/aromatic N) is 1. The highest BCUT2D eigenvalue weighted by Crippen LogP contribution is 2.28. The summed E-state index contributed by atoms with van der Waals surface area (Å²) in [7, 11) is 1.34. The number of carbonyl (C=O) groups is 2. The van der Waals surface area contributed by atoms with E-state index < -0.39 is 0 Å². The van der Waals surface area contributed by atoms with Crippen LogP contribution >= 0.6 is 11.6 Å². The van der Waals surface area contributed by atoms with Crippen molar-refractivity contribution in [1.82, 2.24) is 0 Å². The number of anilines is 1. The highest BCUT2D eigenvalue weighted by Gasteiger charge is 2.31. The van der Waals surface area contributed by atoms with Crippen LogP contribution in [0, 0.1) is 5.92 Å². The predicted molar refractivity (Wildman–Crippen MR) is 126 cm³/mol. The number of esters is 1. The molecule has 1 amide bonds. The Morgan fingerprint density at radius 2 is 1.58 bits per heavy atom. The van der Waals surface area contributed by atoms with Gasteiger partial charge in [0, 0.05) is 29.6 Å². The van der Waals surface area contributed by atoms with Crippen LogP contribution in [0.4, 0.5) is 5.69 Å². The fourth-order valence-corrected chi connectivity index (χ4v) is 3.76. The first-order chi connectivity index (χ1) is 16.0. The van der Waals surface area contributed by atoms with E-state index in [0.29, 0.717) is 42.5 Å². The van der Waals surface area contributed by atoms with E-state index >= 15 is 0 Å². The van der Waals surface area contributed by atoms with Crippen LogP contribution in [-0.2, 0) is 16.1 Å². The summed E-state index contributed by atoms with van der Waals surface area (Å²) in [5.74, 6) is 1.14. The van der Waals surface area contributed by atoms with Gasteiger partial charge in [0.25, 0.3) is 0 Å². The maximum absolute atomic E-state index is 12.5. The van der Waals surface area contributed by atoms with Gasteiger partial charge in [0.15, 0.2) is 0 Å². The van der Waals surface area contributed by atoms with Crippen molar-refractivity contribution in [3.63, 3.8) is 0 Å². The average Bonchev–Trinajstić information content (AvgIpc) is 3.23. The van der Waals surface area contributed by atoms with Gasteiger partial charge in [0.1, 0.15) is 18.1 Å². The molecule has 0 radical (unpaired) electrons. The number of hydrogen-bond donors (Lipinski definition) is 0. The van der Waals surface area contributed by atoms with Crippen LogP contribution in [-0.4, -0.2) is 32.1 Å². The largest absolute Gasteiger partial charge is 0.493 e. The number of rotatable bonds is 8. The maximum Gasteiger partial charge on any atom is 0.337 e. The SMILES string of the molecule is COC(=O)c1ccc(OCC2CC(=O)N(c3ccc(OCc4ccc(Cl)cc4)cc3)C2)cc1. The zero-order valence-corrected chi connectivity index (χ0v) is 19.0. The van der Waals surface area contributed by atoms with Crippen LogP contribution in [0.15, 0.2) is 72.8 Å². The molecule has 1 aliphatic rings. The average molecular weight is 466 g/mol. The van der Waals surface area contributed by atoms with Gasteiger partial charge in [-0.25, -0.2) is 4.79 Å². The topological polar surface area (TPSA) is 65.1 Å². The van der Waals surface area contributed by atoms with Gasteiger partial charge >= 0.3 is 5.97 Å². The number of benzene rings is 3. The molecule has 3 aromatic rings. The van der Waals surface area contributed by atoms with Gasteiger partial charge < -0.3 is 19.1 Å². The van der Waals surface area contributed by atoms with Crippen molar-refractivity contribution in [2.45, 2.75) is 13.0 Å². The van der Waals surface area contributed by atoms with E-state index in [1.807, 2.05) is 48.5 Å². The lowest BCUT2D eigenvalue weighted by molar-refractivity contribution is -0.117. The molecule has 0 saturated carbocycles. The summed E-state index contributed by atoms with van der Waals surface area (Å²) in [6, 6.07) is 21.8. The summed E-state index contributed by atoms with van der Waals surface area (Å²) < 4.78 is 16.3. The monoisotopic (exact) mass is 465 g/mol. The Bertz CT molecular complexity index is 1100. The highest BCUT2D eigenvalue weighted by atomic mass is 35.5. The van der Waals surface area contributed by atoms with Gasteiger partial charge in [-0.3, -0.25) is 4.79 Å². The lowest BCUT2D eigenvalue weighted by atomic mass is 10.1. The molecule has 0 aromatic heterocycles. The van der Waals surface area contributed by atoms with Crippen molar-refractivity contribution in [2.75, 3.05) is 25.2 Å². The predicted octanol–water partition coefficient (Wildman–Crippen LogP) is 5.14. The fraction of sp³-hybridized carbons (Fsp3) is 0.231. The molecule has 0 aliphatic carbocycles. The Morgan fingerprint density at radius 1 is 0.939 bits per heavy atom. The minimum atomic E-state index is -0.389. The maximum atomic E-state index is 12.5. The van der Waals surface area contributed by atoms with E-state index in [9.17, 15) is 9.59 Å². The Kier molecular flexibility index (Phi) is 7.15. The van der Waals surface area contributed by atoms with Crippen molar-refractivity contribution >= 4 is 29.2 Å². The van der Waals surface area contributed by atoms with Crippen molar-refractivity contribution in [1.29, 1.82) is 0 Å². The quantitative estimate of drug-likeness (QED) is 0.431. The number of halogens is 1. The first kappa shape index (κ1) is 22.7. The van der Waals surface area contributed by atoms with E-state index in [-0.39, 0.29) is 17.8 Å². The van der Waals surface area contributed by atoms with E-state index in [1.165, 1.54) is 7.11 Å². The minimum absolute atomic E-state index is 0.0690. The molecule has 7 heteroatoms. The molecule has 1 unspecified atom stereocenters. The molecule has 0 N–H and O–H groups in total. The summed E-state index contributed by atoms with van der Waals surface area (Å²) in [6.07, 6.45) is 0.426. The molecule has 0 spiro atoms. The normalized spacial score (nSPS) is 15.4. The molecule has 0 bridgehead atoms. The third-order valence-corrected chi connectivity index (χ3v) is 5.69. The number of methoxy groups -OCH3 is 1. The van der Waals surface area contributed by atoms with Crippen LogP contribution in [0.3, 0.4) is 0 Å². The van der Waals surface area contributed by atoms with Crippen molar-refractivity contribution in [3.8, 4) is 11.5 Å². The smallest absolute Gasteiger partial charge is 0.337 e. The Hall–Kier alpha value is -3.51. The van der Waals surface area contributed by atoms with Gasteiger partial charge in [0.2, 0.25) is 5.91 Å². The second kappa shape index (κ2) is 10.4. The van der Waals surface area contributed by atoms with E-state index in [4.69, 9.17) is 25.8 Å². The third kappa shape index (κ3) is 5.84. The Balaban J connectivity index is 1.28. The zero-order chi connectivity index (χ0) is 23.2. The van der Waals surface area contributed by atoms with Crippen molar-refractivity contribution in [2.24, 2.45) is 5.92 Å². The Morgan fingerprint density at radius 3 is 2.24 bits per heavy atom. The van der Waals surface area contributed by atoms with Crippen LogP contribution in [0.5, 0.6) is 11.5 Å². The van der Waals surface area contributed by atoms with E-state index in [0.717, 1.165) is 17.0 Å². The molecule has 6 nitrogen and oxygen atoms in total. The molecule has 1 aliphatic heterocycles. The van der Waals surface area contributed by atoms with Gasteiger partial charge in [-0.1, -0.05) is 23.7 Å². The summed E-state index contributed by atoms with van der Waals surface area (Å²) in [6.45, 7) is 1.45. The molecule has 170 valence electrons. The summed E-state index contributed by atoms with van der Waals surface area (Å²) in [5, 5.41) is 0.693. The van der Waals surface area contributed by atoms with Crippen LogP contribution < -0.4 is 14.4 Å². The molecule has 1 heterocycles. The van der Waals surface area contributed by atoms with Crippen molar-refractivity contribution in [3.05, 3.63) is 88.9 Å². The number of carbonyl (C=O) groups excluding carboxylic acids is 2. The van der Waals surface area contributed by atoms with Gasteiger partial charge in [-0.05, 0) is 66.2 Å². The van der Waals surface area contributed by atoms with Gasteiger partial charge in [0.05, 0.1) is 19.3 Å². The van der Waals surface area contributed by atoms with Gasteiger partial charge in [-0.15, -0.1) is 0 Å². The lowest BCUT2D eigenvalue weighted by Gasteiger charge is -2.17. The standard InChI is InChI=1S/C26H24ClNO5/c1-31-26(30)20-4-10-23(11-5-20)33-17-19-14-25(29)28(15-19)22-8-12-24(13-9-22)32-16-18-2-6-21(27)7-3-18/h2-13,19H,14-17H2,1H3. The second-order valence-electron chi connectivity index (χ2n) is 7.81. The number of ether oxygens (including phenoxy) is 3. The molecule has 1 atom stereocenters.